The first-order chi connectivity index (χ1) is 11.2. The van der Waals surface area contributed by atoms with Gasteiger partial charge in [0.2, 0.25) is 0 Å². The van der Waals surface area contributed by atoms with Crippen LogP contribution in [0.5, 0.6) is 0 Å². The largest absolute Gasteiger partial charge is 0.461 e. The number of carbonyl (C=O) groups is 2. The van der Waals surface area contributed by atoms with Crippen molar-refractivity contribution in [3.05, 3.63) is 29.6 Å². The Morgan fingerprint density at radius 2 is 1.71 bits per heavy atom. The Morgan fingerprint density at radius 3 is 2.25 bits per heavy atom. The zero-order valence-electron chi connectivity index (χ0n) is 15.4. The Bertz CT molecular complexity index is 549. The van der Waals surface area contributed by atoms with Crippen LogP contribution in [0.4, 0.5) is 0 Å². The Balaban J connectivity index is 2.59. The molecule has 0 saturated heterocycles. The molecule has 1 heterocycles. The second-order valence-corrected chi connectivity index (χ2v) is 7.37. The average molecular weight is 335 g/mol. The number of carbonyl (C=O) groups excluding carboxylic acids is 2. The summed E-state index contributed by atoms with van der Waals surface area (Å²) in [4.78, 5) is 28.0. The van der Waals surface area contributed by atoms with E-state index in [1.54, 1.807) is 12.1 Å². The summed E-state index contributed by atoms with van der Waals surface area (Å²) < 4.78 is 10.4. The fraction of sp³-hybridized carbons (Fsp3) is 0.632. The molecule has 24 heavy (non-hydrogen) atoms. The number of esters is 2. The summed E-state index contributed by atoms with van der Waals surface area (Å²) in [6, 6.07) is 4.69. The second-order valence-electron chi connectivity index (χ2n) is 7.37. The van der Waals surface area contributed by atoms with Crippen LogP contribution in [0, 0.1) is 11.3 Å². The highest BCUT2D eigenvalue weighted by Crippen LogP contribution is 2.24. The van der Waals surface area contributed by atoms with E-state index in [1.165, 1.54) is 6.07 Å². The molecule has 134 valence electrons. The van der Waals surface area contributed by atoms with Gasteiger partial charge < -0.3 is 9.47 Å². The molecule has 1 rings (SSSR count). The molecule has 0 aliphatic rings. The lowest BCUT2D eigenvalue weighted by atomic mass is 9.86. The zero-order chi connectivity index (χ0) is 18.2. The Kier molecular flexibility index (Phi) is 7.89. The minimum Gasteiger partial charge on any atom is -0.461 e. The van der Waals surface area contributed by atoms with Gasteiger partial charge in [0.1, 0.15) is 11.4 Å². The van der Waals surface area contributed by atoms with E-state index in [9.17, 15) is 9.59 Å². The maximum absolute atomic E-state index is 12.1. The molecular formula is C19H29NO4. The third-order valence-electron chi connectivity index (χ3n) is 3.36. The first-order valence-corrected chi connectivity index (χ1v) is 8.54. The lowest BCUT2D eigenvalue weighted by molar-refractivity contribution is 0.0412. The summed E-state index contributed by atoms with van der Waals surface area (Å²) in [5, 5.41) is 0. The minimum absolute atomic E-state index is 0.128. The Hall–Kier alpha value is -1.91. The molecule has 0 N–H and O–H groups in total. The zero-order valence-corrected chi connectivity index (χ0v) is 15.4. The van der Waals surface area contributed by atoms with Crippen LogP contribution in [0.2, 0.25) is 0 Å². The predicted molar refractivity (Wildman–Crippen MR) is 92.9 cm³/mol. The van der Waals surface area contributed by atoms with E-state index < -0.39 is 11.9 Å². The van der Waals surface area contributed by atoms with Crippen LogP contribution < -0.4 is 0 Å². The van der Waals surface area contributed by atoms with Crippen LogP contribution in [0.3, 0.4) is 0 Å². The van der Waals surface area contributed by atoms with Gasteiger partial charge in [-0.3, -0.25) is 0 Å². The third kappa shape index (κ3) is 7.57. The van der Waals surface area contributed by atoms with Crippen molar-refractivity contribution < 1.29 is 19.1 Å². The van der Waals surface area contributed by atoms with Crippen molar-refractivity contribution in [1.82, 2.24) is 4.98 Å². The van der Waals surface area contributed by atoms with E-state index in [-0.39, 0.29) is 22.7 Å². The maximum Gasteiger partial charge on any atom is 0.356 e. The molecule has 1 aromatic heterocycles. The van der Waals surface area contributed by atoms with Crippen LogP contribution in [-0.4, -0.2) is 30.1 Å². The van der Waals surface area contributed by atoms with Crippen LogP contribution in [0.1, 0.15) is 74.9 Å². The van der Waals surface area contributed by atoms with Crippen molar-refractivity contribution in [3.63, 3.8) is 0 Å². The van der Waals surface area contributed by atoms with E-state index in [2.05, 4.69) is 25.8 Å². The molecule has 0 spiro atoms. The number of pyridine rings is 1. The molecule has 0 aliphatic carbocycles. The Morgan fingerprint density at radius 1 is 1.12 bits per heavy atom. The summed E-state index contributed by atoms with van der Waals surface area (Å²) in [7, 11) is 0. The van der Waals surface area contributed by atoms with Gasteiger partial charge in [0.05, 0.1) is 13.2 Å². The maximum atomic E-state index is 12.1. The van der Waals surface area contributed by atoms with E-state index in [1.807, 2.05) is 13.8 Å². The molecular weight excluding hydrogens is 306 g/mol. The second kappa shape index (κ2) is 9.40. The van der Waals surface area contributed by atoms with Crippen LogP contribution in [-0.2, 0) is 9.47 Å². The summed E-state index contributed by atoms with van der Waals surface area (Å²) in [6.07, 6.45) is 2.70. The van der Waals surface area contributed by atoms with Crippen molar-refractivity contribution in [2.45, 2.75) is 53.9 Å². The molecule has 0 aliphatic heterocycles. The van der Waals surface area contributed by atoms with Gasteiger partial charge >= 0.3 is 11.9 Å². The number of nitrogens with zero attached hydrogens (tertiary/aromatic N) is 1. The van der Waals surface area contributed by atoms with Crippen LogP contribution in [0.25, 0.3) is 0 Å². The van der Waals surface area contributed by atoms with Gasteiger partial charge in [0.15, 0.2) is 0 Å². The third-order valence-corrected chi connectivity index (χ3v) is 3.36. The minimum atomic E-state index is -0.515. The van der Waals surface area contributed by atoms with E-state index in [0.29, 0.717) is 13.2 Å². The highest BCUT2D eigenvalue weighted by Gasteiger charge is 2.18. The standard InChI is InChI=1S/C19H29NO4/c1-6-7-11-23-17(21)15-9-8-10-16(20-15)18(22)24-13-14(2)12-19(3,4)5/h8-10,14H,6-7,11-13H2,1-5H3. The summed E-state index contributed by atoms with van der Waals surface area (Å²) in [5.41, 5.74) is 0.442. The van der Waals surface area contributed by atoms with Crippen molar-refractivity contribution in [2.24, 2.45) is 11.3 Å². The topological polar surface area (TPSA) is 65.5 Å². The molecule has 1 aromatic rings. The molecule has 5 nitrogen and oxygen atoms in total. The number of aromatic nitrogens is 1. The average Bonchev–Trinajstić information content (AvgIpc) is 2.51. The van der Waals surface area contributed by atoms with Gasteiger partial charge in [-0.2, -0.15) is 0 Å². The SMILES string of the molecule is CCCCOC(=O)c1cccc(C(=O)OCC(C)CC(C)(C)C)n1. The van der Waals surface area contributed by atoms with Crippen LogP contribution in [0.15, 0.2) is 18.2 Å². The quantitative estimate of drug-likeness (QED) is 0.524. The number of rotatable bonds is 8. The fourth-order valence-electron chi connectivity index (χ4n) is 2.44. The lowest BCUT2D eigenvalue weighted by Crippen LogP contribution is -2.19. The molecule has 0 amide bonds. The molecule has 0 radical (unpaired) electrons. The van der Waals surface area contributed by atoms with Crippen LogP contribution >= 0.6 is 0 Å². The highest BCUT2D eigenvalue weighted by atomic mass is 16.5. The number of ether oxygens (including phenoxy) is 2. The van der Waals surface area contributed by atoms with Gasteiger partial charge in [-0.25, -0.2) is 14.6 Å². The molecule has 0 aromatic carbocycles. The summed E-state index contributed by atoms with van der Waals surface area (Å²) in [5.74, 6) is -0.769. The summed E-state index contributed by atoms with van der Waals surface area (Å²) >= 11 is 0. The molecule has 0 bridgehead atoms. The normalized spacial score (nSPS) is 12.5. The molecule has 5 heteroatoms. The van der Waals surface area contributed by atoms with E-state index in [0.717, 1.165) is 19.3 Å². The first-order valence-electron chi connectivity index (χ1n) is 8.54. The fourth-order valence-corrected chi connectivity index (χ4v) is 2.44. The predicted octanol–water partition coefficient (Wildman–Crippen LogP) is 4.27. The van der Waals surface area contributed by atoms with E-state index >= 15 is 0 Å². The van der Waals surface area contributed by atoms with Gasteiger partial charge in [0.25, 0.3) is 0 Å². The lowest BCUT2D eigenvalue weighted by Gasteiger charge is -2.22. The van der Waals surface area contributed by atoms with Gasteiger partial charge in [0, 0.05) is 0 Å². The monoisotopic (exact) mass is 335 g/mol. The van der Waals surface area contributed by atoms with Crippen molar-refractivity contribution in [1.29, 1.82) is 0 Å². The van der Waals surface area contributed by atoms with E-state index in [4.69, 9.17) is 9.47 Å². The number of hydrogen-bond donors (Lipinski definition) is 0. The number of hydrogen-bond acceptors (Lipinski definition) is 5. The van der Waals surface area contributed by atoms with Crippen molar-refractivity contribution in [2.75, 3.05) is 13.2 Å². The first kappa shape index (κ1) is 20.1. The molecule has 0 saturated carbocycles. The Labute approximate surface area is 144 Å². The van der Waals surface area contributed by atoms with Gasteiger partial charge in [-0.05, 0) is 36.3 Å². The smallest absolute Gasteiger partial charge is 0.356 e. The van der Waals surface area contributed by atoms with Crippen molar-refractivity contribution >= 4 is 11.9 Å². The molecule has 1 atom stereocenters. The molecule has 1 unspecified atom stereocenters. The van der Waals surface area contributed by atoms with Crippen molar-refractivity contribution in [3.8, 4) is 0 Å². The number of unbranched alkanes of at least 4 members (excludes halogenated alkanes) is 1. The van der Waals surface area contributed by atoms with Gasteiger partial charge in [-0.15, -0.1) is 0 Å². The summed E-state index contributed by atoms with van der Waals surface area (Å²) in [6.45, 7) is 11.2. The highest BCUT2D eigenvalue weighted by molar-refractivity contribution is 5.91. The van der Waals surface area contributed by atoms with Gasteiger partial charge in [-0.1, -0.05) is 47.1 Å². The molecule has 0 fully saturated rings.